The van der Waals surface area contributed by atoms with E-state index < -0.39 is 28.0 Å². The number of rotatable bonds is 9. The van der Waals surface area contributed by atoms with Gasteiger partial charge in [0.15, 0.2) is 6.10 Å². The molecule has 8 nitrogen and oxygen atoms in total. The summed E-state index contributed by atoms with van der Waals surface area (Å²) in [7, 11) is -1.24. The van der Waals surface area contributed by atoms with Gasteiger partial charge in [0, 0.05) is 6.54 Å². The summed E-state index contributed by atoms with van der Waals surface area (Å²) >= 11 is 0. The number of methoxy groups -OCH3 is 1. The summed E-state index contributed by atoms with van der Waals surface area (Å²) < 4.78 is 36.7. The molecular formula is C20H28N2O6S. The molecule has 0 unspecified atom stereocenters. The largest absolute Gasteiger partial charge is 0.495 e. The summed E-state index contributed by atoms with van der Waals surface area (Å²) in [6, 6.07) is 3.91. The van der Waals surface area contributed by atoms with Gasteiger partial charge in [0.2, 0.25) is 10.0 Å². The number of carbonyl (C=O) groups is 2. The number of allylic oxidation sites excluding steroid dienone is 1. The van der Waals surface area contributed by atoms with E-state index in [-0.39, 0.29) is 16.2 Å². The van der Waals surface area contributed by atoms with Gasteiger partial charge in [-0.3, -0.25) is 4.79 Å². The molecule has 0 saturated carbocycles. The van der Waals surface area contributed by atoms with Gasteiger partial charge in [-0.2, -0.15) is 0 Å². The number of esters is 1. The third kappa shape index (κ3) is 6.30. The van der Waals surface area contributed by atoms with Crippen molar-refractivity contribution in [3.05, 3.63) is 35.4 Å². The number of carbonyl (C=O) groups excluding carboxylic acids is 2. The number of hydrogen-bond acceptors (Lipinski definition) is 6. The van der Waals surface area contributed by atoms with Gasteiger partial charge >= 0.3 is 5.97 Å². The average Bonchev–Trinajstić information content (AvgIpc) is 2.73. The maximum absolute atomic E-state index is 12.4. The first-order valence-electron chi connectivity index (χ1n) is 9.56. The molecule has 1 atom stereocenters. The third-order valence-electron chi connectivity index (χ3n) is 4.74. The molecule has 0 radical (unpaired) electrons. The van der Waals surface area contributed by atoms with Crippen LogP contribution in [0.5, 0.6) is 5.75 Å². The summed E-state index contributed by atoms with van der Waals surface area (Å²) in [6.45, 7) is 1.96. The summed E-state index contributed by atoms with van der Waals surface area (Å²) in [5.41, 5.74) is 1.35. The van der Waals surface area contributed by atoms with E-state index in [2.05, 4.69) is 16.1 Å². The van der Waals surface area contributed by atoms with E-state index in [1.807, 2.05) is 0 Å². The summed E-state index contributed by atoms with van der Waals surface area (Å²) in [5, 5.41) is 2.77. The van der Waals surface area contributed by atoms with E-state index in [1.165, 1.54) is 51.6 Å². The second-order valence-electron chi connectivity index (χ2n) is 6.77. The number of amides is 1. The Morgan fingerprint density at radius 1 is 1.24 bits per heavy atom. The Kier molecular flexibility index (Phi) is 8.21. The molecule has 0 heterocycles. The van der Waals surface area contributed by atoms with Crippen molar-refractivity contribution in [1.29, 1.82) is 0 Å². The maximum atomic E-state index is 12.4. The lowest BCUT2D eigenvalue weighted by Crippen LogP contribution is -2.36. The van der Waals surface area contributed by atoms with Crippen LogP contribution in [0.2, 0.25) is 0 Å². The SMILES string of the molecule is CNS(=O)(=O)c1cc(C(=O)O[C@@H](C)C(=O)NCCC2=CCCCC2)ccc1OC. The number of sulfonamides is 1. The van der Waals surface area contributed by atoms with Gasteiger partial charge in [0.05, 0.1) is 12.7 Å². The fraction of sp³-hybridized carbons (Fsp3) is 0.500. The van der Waals surface area contributed by atoms with Gasteiger partial charge in [-0.05, 0) is 64.3 Å². The molecule has 29 heavy (non-hydrogen) atoms. The zero-order chi connectivity index (χ0) is 21.4. The highest BCUT2D eigenvalue weighted by Gasteiger charge is 2.23. The first-order chi connectivity index (χ1) is 13.8. The Morgan fingerprint density at radius 3 is 2.62 bits per heavy atom. The zero-order valence-electron chi connectivity index (χ0n) is 17.0. The van der Waals surface area contributed by atoms with Crippen molar-refractivity contribution in [2.75, 3.05) is 20.7 Å². The molecule has 1 aromatic rings. The molecule has 160 valence electrons. The van der Waals surface area contributed by atoms with Crippen molar-refractivity contribution in [2.45, 2.75) is 50.0 Å². The quantitative estimate of drug-likeness (QED) is 0.464. The lowest BCUT2D eigenvalue weighted by atomic mass is 9.97. The van der Waals surface area contributed by atoms with E-state index in [0.717, 1.165) is 25.3 Å². The first-order valence-corrected chi connectivity index (χ1v) is 11.0. The molecule has 9 heteroatoms. The fourth-order valence-electron chi connectivity index (χ4n) is 3.03. The average molecular weight is 425 g/mol. The molecule has 0 bridgehead atoms. The van der Waals surface area contributed by atoms with Crippen LogP contribution >= 0.6 is 0 Å². The van der Waals surface area contributed by atoms with Crippen molar-refractivity contribution >= 4 is 21.9 Å². The number of benzene rings is 1. The van der Waals surface area contributed by atoms with Crippen LogP contribution in [0.3, 0.4) is 0 Å². The number of nitrogens with one attached hydrogen (secondary N) is 2. The van der Waals surface area contributed by atoms with E-state index in [9.17, 15) is 18.0 Å². The van der Waals surface area contributed by atoms with Gasteiger partial charge in [0.25, 0.3) is 5.91 Å². The van der Waals surface area contributed by atoms with Gasteiger partial charge in [0.1, 0.15) is 10.6 Å². The maximum Gasteiger partial charge on any atom is 0.338 e. The summed E-state index contributed by atoms with van der Waals surface area (Å²) in [4.78, 5) is 24.4. The van der Waals surface area contributed by atoms with E-state index in [0.29, 0.717) is 6.54 Å². The van der Waals surface area contributed by atoms with E-state index in [1.54, 1.807) is 0 Å². The van der Waals surface area contributed by atoms with E-state index >= 15 is 0 Å². The standard InChI is InChI=1S/C20H28N2O6S/c1-14(19(23)22-12-11-15-7-5-4-6-8-15)28-20(24)16-9-10-17(27-3)18(13-16)29(25,26)21-2/h7,9-10,13-14,21H,4-6,8,11-12H2,1-3H3,(H,22,23)/t14-/m0/s1. The van der Waals surface area contributed by atoms with Crippen LogP contribution in [0.15, 0.2) is 34.7 Å². The van der Waals surface area contributed by atoms with Crippen molar-refractivity contribution in [1.82, 2.24) is 10.0 Å². The monoisotopic (exact) mass is 424 g/mol. The Bertz CT molecular complexity index is 879. The lowest BCUT2D eigenvalue weighted by molar-refractivity contribution is -0.129. The van der Waals surface area contributed by atoms with Gasteiger partial charge in [-0.15, -0.1) is 0 Å². The van der Waals surface area contributed by atoms with Crippen molar-refractivity contribution in [3.63, 3.8) is 0 Å². The minimum atomic E-state index is -3.83. The summed E-state index contributed by atoms with van der Waals surface area (Å²) in [5.74, 6) is -1.09. The topological polar surface area (TPSA) is 111 Å². The molecule has 2 N–H and O–H groups in total. The van der Waals surface area contributed by atoms with Gasteiger partial charge < -0.3 is 14.8 Å². The minimum absolute atomic E-state index is 0.00614. The highest BCUT2D eigenvalue weighted by Crippen LogP contribution is 2.25. The molecule has 0 fully saturated rings. The molecule has 1 amide bonds. The van der Waals surface area contributed by atoms with Crippen LogP contribution in [0.25, 0.3) is 0 Å². The second-order valence-corrected chi connectivity index (χ2v) is 8.62. The van der Waals surface area contributed by atoms with Gasteiger partial charge in [-0.1, -0.05) is 11.6 Å². The highest BCUT2D eigenvalue weighted by atomic mass is 32.2. The number of hydrogen-bond donors (Lipinski definition) is 2. The molecule has 1 aliphatic rings. The molecule has 1 aromatic carbocycles. The van der Waals surface area contributed by atoms with Crippen LogP contribution in [0.4, 0.5) is 0 Å². The van der Waals surface area contributed by atoms with Crippen molar-refractivity contribution in [2.24, 2.45) is 0 Å². The number of ether oxygens (including phenoxy) is 2. The van der Waals surface area contributed by atoms with Crippen LogP contribution in [-0.2, 0) is 19.6 Å². The predicted octanol–water partition coefficient (Wildman–Crippen LogP) is 2.16. The van der Waals surface area contributed by atoms with Gasteiger partial charge in [-0.25, -0.2) is 17.9 Å². The Morgan fingerprint density at radius 2 is 2.00 bits per heavy atom. The van der Waals surface area contributed by atoms with Crippen LogP contribution < -0.4 is 14.8 Å². The third-order valence-corrected chi connectivity index (χ3v) is 6.18. The second kappa shape index (κ2) is 10.4. The molecule has 2 rings (SSSR count). The smallest absolute Gasteiger partial charge is 0.338 e. The molecular weight excluding hydrogens is 396 g/mol. The summed E-state index contributed by atoms with van der Waals surface area (Å²) in [6.07, 6.45) is 6.55. The Labute approximate surface area is 171 Å². The molecule has 0 aliphatic heterocycles. The van der Waals surface area contributed by atoms with Crippen LogP contribution in [-0.4, -0.2) is 47.1 Å². The normalized spacial score (nSPS) is 15.2. The Balaban J connectivity index is 1.97. The van der Waals surface area contributed by atoms with E-state index in [4.69, 9.17) is 9.47 Å². The zero-order valence-corrected chi connectivity index (χ0v) is 17.8. The molecule has 0 aromatic heterocycles. The predicted molar refractivity (Wildman–Crippen MR) is 108 cm³/mol. The molecule has 0 saturated heterocycles. The Hall–Kier alpha value is -2.39. The molecule has 1 aliphatic carbocycles. The first kappa shape index (κ1) is 22.9. The van der Waals surface area contributed by atoms with Crippen LogP contribution in [0.1, 0.15) is 49.4 Å². The lowest BCUT2D eigenvalue weighted by Gasteiger charge is -2.16. The van der Waals surface area contributed by atoms with Crippen molar-refractivity contribution in [3.8, 4) is 5.75 Å². The fourth-order valence-corrected chi connectivity index (χ4v) is 3.95. The molecule has 0 spiro atoms. The van der Waals surface area contributed by atoms with Crippen molar-refractivity contribution < 1.29 is 27.5 Å². The van der Waals surface area contributed by atoms with Crippen LogP contribution in [0, 0.1) is 0 Å². The minimum Gasteiger partial charge on any atom is -0.495 e. The highest BCUT2D eigenvalue weighted by molar-refractivity contribution is 7.89.